The maximum absolute atomic E-state index is 12.5. The summed E-state index contributed by atoms with van der Waals surface area (Å²) in [5, 5.41) is 0.132. The predicted molar refractivity (Wildman–Crippen MR) is 93.4 cm³/mol. The van der Waals surface area contributed by atoms with Crippen LogP contribution in [0.25, 0.3) is 0 Å². The van der Waals surface area contributed by atoms with Crippen LogP contribution in [0, 0.1) is 0 Å². The highest BCUT2D eigenvalue weighted by molar-refractivity contribution is 7.87. The first kappa shape index (κ1) is 22.4. The van der Waals surface area contributed by atoms with E-state index < -0.39 is 36.7 Å². The SMILES string of the molecule is CC(C)(C)[Si](C)(C)OC(COS(=O)(=O)C(F)(F)F)c1cccc(Cl)c1. The Morgan fingerprint density at radius 3 is 2.20 bits per heavy atom. The molecule has 1 atom stereocenters. The third-order valence-corrected chi connectivity index (χ3v) is 9.86. The third kappa shape index (κ3) is 5.95. The van der Waals surface area contributed by atoms with E-state index in [4.69, 9.17) is 16.0 Å². The van der Waals surface area contributed by atoms with Gasteiger partial charge in [0.05, 0.1) is 12.7 Å². The van der Waals surface area contributed by atoms with Crippen molar-refractivity contribution in [2.24, 2.45) is 0 Å². The number of rotatable bonds is 6. The summed E-state index contributed by atoms with van der Waals surface area (Å²) >= 11 is 5.93. The van der Waals surface area contributed by atoms with Crippen LogP contribution in [0.5, 0.6) is 0 Å². The molecule has 0 N–H and O–H groups in total. The van der Waals surface area contributed by atoms with Crippen molar-refractivity contribution in [3.05, 3.63) is 34.9 Å². The molecular formula is C15H22ClF3O4SSi. The average molecular weight is 419 g/mol. The number of halogens is 4. The molecule has 0 spiro atoms. The zero-order chi connectivity index (χ0) is 19.7. The normalized spacial score (nSPS) is 15.2. The Morgan fingerprint density at radius 1 is 1.20 bits per heavy atom. The Kier molecular flexibility index (Phi) is 6.78. The van der Waals surface area contributed by atoms with Gasteiger partial charge in [-0.1, -0.05) is 44.5 Å². The molecule has 1 unspecified atom stereocenters. The second-order valence-corrected chi connectivity index (χ2v) is 13.9. The summed E-state index contributed by atoms with van der Waals surface area (Å²) in [5.74, 6) is 0. The van der Waals surface area contributed by atoms with Crippen molar-refractivity contribution >= 4 is 30.0 Å². The summed E-state index contributed by atoms with van der Waals surface area (Å²) in [6, 6.07) is 6.33. The fraction of sp³-hybridized carbons (Fsp3) is 0.600. The average Bonchev–Trinajstić information content (AvgIpc) is 2.40. The quantitative estimate of drug-likeness (QED) is 0.359. The van der Waals surface area contributed by atoms with E-state index >= 15 is 0 Å². The summed E-state index contributed by atoms with van der Waals surface area (Å²) < 4.78 is 70.2. The molecule has 1 aromatic carbocycles. The Labute approximate surface area is 152 Å². The van der Waals surface area contributed by atoms with Gasteiger partial charge in [0.15, 0.2) is 8.32 Å². The zero-order valence-electron chi connectivity index (χ0n) is 14.6. The van der Waals surface area contributed by atoms with Crippen LogP contribution in [0.3, 0.4) is 0 Å². The van der Waals surface area contributed by atoms with Crippen LogP contribution in [-0.4, -0.2) is 28.9 Å². The number of alkyl halides is 3. The molecule has 144 valence electrons. The molecule has 0 amide bonds. The first-order valence-corrected chi connectivity index (χ1v) is 12.2. The molecule has 0 aromatic heterocycles. The minimum Gasteiger partial charge on any atom is -0.408 e. The first-order valence-electron chi connectivity index (χ1n) is 7.46. The Hall–Kier alpha value is -0.613. The molecular weight excluding hydrogens is 397 g/mol. The van der Waals surface area contributed by atoms with E-state index in [1.165, 1.54) is 6.07 Å². The van der Waals surface area contributed by atoms with E-state index in [1.54, 1.807) is 18.2 Å². The van der Waals surface area contributed by atoms with Gasteiger partial charge in [0.2, 0.25) is 0 Å². The number of benzene rings is 1. The minimum absolute atomic E-state index is 0.229. The standard InChI is InChI=1S/C15H22ClF3O4SSi/c1-14(2,3)25(4,5)23-13(11-7-6-8-12(16)9-11)10-22-24(20,21)15(17,18)19/h6-9,13H,10H2,1-5H3. The summed E-state index contributed by atoms with van der Waals surface area (Å²) in [6.07, 6.45) is -0.989. The summed E-state index contributed by atoms with van der Waals surface area (Å²) in [5.41, 5.74) is -5.03. The second-order valence-electron chi connectivity index (χ2n) is 7.11. The van der Waals surface area contributed by atoms with Crippen LogP contribution >= 0.6 is 11.6 Å². The summed E-state index contributed by atoms with van der Waals surface area (Å²) in [7, 11) is -8.11. The molecule has 0 aliphatic heterocycles. The van der Waals surface area contributed by atoms with Gasteiger partial charge in [-0.05, 0) is 35.8 Å². The van der Waals surface area contributed by atoms with Crippen LogP contribution < -0.4 is 0 Å². The summed E-state index contributed by atoms with van der Waals surface area (Å²) in [4.78, 5) is 0. The molecule has 0 heterocycles. The monoisotopic (exact) mass is 418 g/mol. The Bertz CT molecular complexity index is 699. The molecule has 0 aliphatic rings. The van der Waals surface area contributed by atoms with E-state index in [2.05, 4.69) is 4.18 Å². The maximum Gasteiger partial charge on any atom is 0.523 e. The smallest absolute Gasteiger partial charge is 0.408 e. The van der Waals surface area contributed by atoms with Crippen molar-refractivity contribution in [3.63, 3.8) is 0 Å². The maximum atomic E-state index is 12.5. The van der Waals surface area contributed by atoms with Gasteiger partial charge in [-0.25, -0.2) is 0 Å². The molecule has 10 heteroatoms. The zero-order valence-corrected chi connectivity index (χ0v) is 17.2. The van der Waals surface area contributed by atoms with E-state index in [9.17, 15) is 21.6 Å². The van der Waals surface area contributed by atoms with Crippen molar-refractivity contribution < 1.29 is 30.2 Å². The Balaban J connectivity index is 3.13. The van der Waals surface area contributed by atoms with E-state index in [0.717, 1.165) is 0 Å². The highest BCUT2D eigenvalue weighted by atomic mass is 35.5. The lowest BCUT2D eigenvalue weighted by molar-refractivity contribution is -0.0562. The van der Waals surface area contributed by atoms with Gasteiger partial charge >= 0.3 is 15.6 Å². The molecule has 0 fully saturated rings. The van der Waals surface area contributed by atoms with Crippen LogP contribution in [0.4, 0.5) is 13.2 Å². The molecule has 25 heavy (non-hydrogen) atoms. The molecule has 0 aliphatic carbocycles. The number of hydrogen-bond acceptors (Lipinski definition) is 4. The van der Waals surface area contributed by atoms with Gasteiger partial charge in [-0.2, -0.15) is 21.6 Å². The lowest BCUT2D eigenvalue weighted by atomic mass is 10.1. The first-order chi connectivity index (χ1) is 11.1. The van der Waals surface area contributed by atoms with E-state index in [1.807, 2.05) is 33.9 Å². The fourth-order valence-electron chi connectivity index (χ4n) is 1.66. The van der Waals surface area contributed by atoms with Gasteiger partial charge < -0.3 is 4.43 Å². The van der Waals surface area contributed by atoms with Gasteiger partial charge in [0.1, 0.15) is 0 Å². The topological polar surface area (TPSA) is 52.6 Å². The van der Waals surface area contributed by atoms with Crippen molar-refractivity contribution in [3.8, 4) is 0 Å². The van der Waals surface area contributed by atoms with Crippen molar-refractivity contribution in [2.75, 3.05) is 6.61 Å². The third-order valence-electron chi connectivity index (χ3n) is 4.12. The molecule has 0 bridgehead atoms. The number of hydrogen-bond donors (Lipinski definition) is 0. The van der Waals surface area contributed by atoms with Crippen molar-refractivity contribution in [2.45, 2.75) is 50.5 Å². The Morgan fingerprint density at radius 2 is 1.76 bits per heavy atom. The second kappa shape index (κ2) is 7.56. The molecule has 4 nitrogen and oxygen atoms in total. The molecule has 0 saturated carbocycles. The van der Waals surface area contributed by atoms with Crippen LogP contribution in [-0.2, 0) is 18.7 Å². The fourth-order valence-corrected chi connectivity index (χ4v) is 3.56. The summed E-state index contributed by atoms with van der Waals surface area (Å²) in [6.45, 7) is 8.91. The van der Waals surface area contributed by atoms with Crippen LogP contribution in [0.15, 0.2) is 24.3 Å². The van der Waals surface area contributed by atoms with Crippen LogP contribution in [0.1, 0.15) is 32.4 Å². The van der Waals surface area contributed by atoms with Gasteiger partial charge in [-0.15, -0.1) is 0 Å². The van der Waals surface area contributed by atoms with Gasteiger partial charge in [-0.3, -0.25) is 4.18 Å². The van der Waals surface area contributed by atoms with E-state index in [-0.39, 0.29) is 5.04 Å². The minimum atomic E-state index is -5.70. The molecule has 0 radical (unpaired) electrons. The van der Waals surface area contributed by atoms with Crippen molar-refractivity contribution in [1.29, 1.82) is 0 Å². The van der Waals surface area contributed by atoms with Crippen LogP contribution in [0.2, 0.25) is 23.2 Å². The molecule has 0 saturated heterocycles. The molecule has 1 aromatic rings. The highest BCUT2D eigenvalue weighted by Gasteiger charge is 2.48. The van der Waals surface area contributed by atoms with E-state index in [0.29, 0.717) is 10.6 Å². The molecule has 1 rings (SSSR count). The lowest BCUT2D eigenvalue weighted by Gasteiger charge is -2.39. The largest absolute Gasteiger partial charge is 0.523 e. The predicted octanol–water partition coefficient (Wildman–Crippen LogP) is 5.27. The van der Waals surface area contributed by atoms with Crippen molar-refractivity contribution in [1.82, 2.24) is 0 Å². The van der Waals surface area contributed by atoms with Gasteiger partial charge in [0, 0.05) is 5.02 Å². The lowest BCUT2D eigenvalue weighted by Crippen LogP contribution is -2.43. The van der Waals surface area contributed by atoms with Gasteiger partial charge in [0.25, 0.3) is 0 Å². The highest BCUT2D eigenvalue weighted by Crippen LogP contribution is 2.40.